The lowest BCUT2D eigenvalue weighted by Crippen LogP contribution is -2.46. The number of aromatic nitrogens is 1. The van der Waals surface area contributed by atoms with E-state index in [2.05, 4.69) is 41.3 Å². The SMILES string of the molecule is Cc1c(COc2cc(OCc3cncc(C#N)c3)c(CNC3(C)CC(C)(C)OC3=O)cc2Cl)cccc1-c1cccc(OCC2CCCN(C)C2)c1Cl. The number of nitrogens with zero attached hydrogens (tertiary/aromatic N) is 3. The van der Waals surface area contributed by atoms with E-state index in [9.17, 15) is 10.1 Å². The molecule has 2 fully saturated rings. The Bertz CT molecular complexity index is 2010. The van der Waals surface area contributed by atoms with Crippen molar-refractivity contribution in [3.8, 4) is 34.4 Å². The Morgan fingerprint density at radius 3 is 2.51 bits per heavy atom. The Balaban J connectivity index is 1.21. The van der Waals surface area contributed by atoms with Crippen LogP contribution in [0.3, 0.4) is 0 Å². The molecule has 2 aliphatic heterocycles. The highest BCUT2D eigenvalue weighted by Crippen LogP contribution is 2.40. The number of hydrogen-bond donors (Lipinski definition) is 1. The van der Waals surface area contributed by atoms with E-state index in [4.69, 9.17) is 42.1 Å². The molecule has 53 heavy (non-hydrogen) atoms. The molecule has 9 nitrogen and oxygen atoms in total. The number of carbonyl (C=O) groups is 1. The normalized spacial score (nSPS) is 19.7. The molecule has 0 saturated carbocycles. The van der Waals surface area contributed by atoms with Crippen LogP contribution in [0.4, 0.5) is 0 Å². The van der Waals surface area contributed by atoms with Gasteiger partial charge in [0, 0.05) is 60.6 Å². The Hall–Kier alpha value is -4.33. The number of cyclic esters (lactones) is 1. The number of benzene rings is 3. The zero-order chi connectivity index (χ0) is 37.8. The van der Waals surface area contributed by atoms with Gasteiger partial charge in [-0.1, -0.05) is 53.5 Å². The van der Waals surface area contributed by atoms with Crippen LogP contribution in [0.25, 0.3) is 11.1 Å². The average molecular weight is 758 g/mol. The molecule has 0 amide bonds. The molecule has 1 aromatic heterocycles. The van der Waals surface area contributed by atoms with Crippen LogP contribution in [-0.4, -0.2) is 53.7 Å². The van der Waals surface area contributed by atoms with Crippen molar-refractivity contribution >= 4 is 29.2 Å². The summed E-state index contributed by atoms with van der Waals surface area (Å²) in [6.07, 6.45) is 6.00. The summed E-state index contributed by atoms with van der Waals surface area (Å²) in [7, 11) is 2.15. The molecule has 6 rings (SSSR count). The second-order valence-corrected chi connectivity index (χ2v) is 15.7. The van der Waals surface area contributed by atoms with Crippen molar-refractivity contribution in [2.75, 3.05) is 26.7 Å². The summed E-state index contributed by atoms with van der Waals surface area (Å²) in [4.78, 5) is 19.3. The maximum atomic E-state index is 12.8. The fourth-order valence-corrected chi connectivity index (χ4v) is 7.75. The van der Waals surface area contributed by atoms with Crippen molar-refractivity contribution in [2.45, 2.75) is 77.9 Å². The molecule has 2 unspecified atom stereocenters. The molecular weight excluding hydrogens is 711 g/mol. The van der Waals surface area contributed by atoms with E-state index in [0.29, 0.717) is 51.8 Å². The number of nitriles is 1. The number of likely N-dealkylation sites (tertiary alicyclic amines) is 1. The van der Waals surface area contributed by atoms with Crippen LogP contribution < -0.4 is 19.5 Å². The Labute approximate surface area is 322 Å². The monoisotopic (exact) mass is 756 g/mol. The maximum absolute atomic E-state index is 12.8. The fourth-order valence-electron chi connectivity index (χ4n) is 7.23. The number of rotatable bonds is 13. The summed E-state index contributed by atoms with van der Waals surface area (Å²) in [5.74, 6) is 1.81. The first-order valence-corrected chi connectivity index (χ1v) is 18.7. The van der Waals surface area contributed by atoms with Crippen LogP contribution in [-0.2, 0) is 29.3 Å². The van der Waals surface area contributed by atoms with Crippen molar-refractivity contribution < 1.29 is 23.7 Å². The van der Waals surface area contributed by atoms with E-state index >= 15 is 0 Å². The molecule has 0 radical (unpaired) electrons. The fraction of sp³-hybridized carbons (Fsp3) is 0.405. The molecule has 0 spiro atoms. The van der Waals surface area contributed by atoms with E-state index in [1.807, 2.05) is 51.1 Å². The predicted octanol–water partition coefficient (Wildman–Crippen LogP) is 8.69. The predicted molar refractivity (Wildman–Crippen MR) is 206 cm³/mol. The highest BCUT2D eigenvalue weighted by atomic mass is 35.5. The number of nitrogens with one attached hydrogen (secondary N) is 1. The molecule has 0 aliphatic carbocycles. The van der Waals surface area contributed by atoms with Crippen LogP contribution in [0.5, 0.6) is 17.2 Å². The highest BCUT2D eigenvalue weighted by molar-refractivity contribution is 6.35. The van der Waals surface area contributed by atoms with Crippen LogP contribution in [0, 0.1) is 24.2 Å². The van der Waals surface area contributed by atoms with Crippen molar-refractivity contribution in [1.29, 1.82) is 5.26 Å². The zero-order valence-corrected chi connectivity index (χ0v) is 32.4. The molecule has 1 N–H and O–H groups in total. The highest BCUT2D eigenvalue weighted by Gasteiger charge is 2.49. The summed E-state index contributed by atoms with van der Waals surface area (Å²) < 4.78 is 24.5. The quantitative estimate of drug-likeness (QED) is 0.134. The molecular formula is C42H46Cl2N4O5. The first kappa shape index (κ1) is 38.4. The lowest BCUT2D eigenvalue weighted by Gasteiger charge is -2.29. The Morgan fingerprint density at radius 2 is 1.75 bits per heavy atom. The van der Waals surface area contributed by atoms with Crippen LogP contribution in [0.15, 0.2) is 67.0 Å². The van der Waals surface area contributed by atoms with Crippen molar-refractivity contribution in [1.82, 2.24) is 15.2 Å². The first-order chi connectivity index (χ1) is 25.3. The van der Waals surface area contributed by atoms with Crippen LogP contribution in [0.2, 0.25) is 10.0 Å². The summed E-state index contributed by atoms with van der Waals surface area (Å²) >= 11 is 13.8. The molecule has 4 aromatic rings. The third-order valence-electron chi connectivity index (χ3n) is 9.98. The van der Waals surface area contributed by atoms with Gasteiger partial charge in [-0.25, -0.2) is 0 Å². The molecule has 2 aliphatic rings. The van der Waals surface area contributed by atoms with Crippen molar-refractivity contribution in [2.24, 2.45) is 5.92 Å². The van der Waals surface area contributed by atoms with Gasteiger partial charge in [-0.3, -0.25) is 15.1 Å². The van der Waals surface area contributed by atoms with Gasteiger partial charge >= 0.3 is 5.97 Å². The molecule has 3 heterocycles. The average Bonchev–Trinajstić information content (AvgIpc) is 3.35. The Kier molecular flexibility index (Phi) is 11.9. The number of carbonyl (C=O) groups excluding carboxylic acids is 1. The van der Waals surface area contributed by atoms with Gasteiger partial charge in [0.25, 0.3) is 0 Å². The number of hydrogen-bond acceptors (Lipinski definition) is 9. The topological polar surface area (TPSA) is 106 Å². The Morgan fingerprint density at radius 1 is 0.981 bits per heavy atom. The lowest BCUT2D eigenvalue weighted by molar-refractivity contribution is -0.149. The number of ether oxygens (including phenoxy) is 4. The first-order valence-electron chi connectivity index (χ1n) is 17.9. The summed E-state index contributed by atoms with van der Waals surface area (Å²) in [5, 5.41) is 13.7. The van der Waals surface area contributed by atoms with Crippen LogP contribution >= 0.6 is 23.2 Å². The minimum absolute atomic E-state index is 0.158. The minimum atomic E-state index is -0.878. The number of piperidine rings is 1. The van der Waals surface area contributed by atoms with E-state index < -0.39 is 11.1 Å². The number of esters is 1. The molecule has 278 valence electrons. The standard InChI is InChI=1S/C42H46Cl2N4O5/c1-27-31(10-6-11-33(27)34-12-7-13-36(39(34)44)50-23-28-9-8-14-48(5)22-28)25-52-38-17-37(51-24-30-15-29(18-45)19-46-20-30)32(16-35(38)43)21-47-42(4)26-41(2,3)53-40(42)49/h6-7,10-13,15-17,19-20,28,47H,8-9,14,21-26H2,1-5H3. The van der Waals surface area contributed by atoms with E-state index in [1.165, 1.54) is 12.6 Å². The van der Waals surface area contributed by atoms with E-state index in [0.717, 1.165) is 52.9 Å². The van der Waals surface area contributed by atoms with Gasteiger partial charge < -0.3 is 23.8 Å². The lowest BCUT2D eigenvalue weighted by atomic mass is 9.91. The van der Waals surface area contributed by atoms with E-state index in [-0.39, 0.29) is 25.7 Å². The van der Waals surface area contributed by atoms with Crippen molar-refractivity contribution in [3.05, 3.63) is 105 Å². The van der Waals surface area contributed by atoms with Gasteiger partial charge in [0.15, 0.2) is 0 Å². The largest absolute Gasteiger partial charge is 0.492 e. The smallest absolute Gasteiger partial charge is 0.326 e. The second-order valence-electron chi connectivity index (χ2n) is 15.0. The second kappa shape index (κ2) is 16.4. The van der Waals surface area contributed by atoms with Gasteiger partial charge in [-0.15, -0.1) is 0 Å². The van der Waals surface area contributed by atoms with Crippen LogP contribution in [0.1, 0.15) is 67.9 Å². The van der Waals surface area contributed by atoms with Gasteiger partial charge in [0.1, 0.15) is 47.7 Å². The molecule has 11 heteroatoms. The summed E-state index contributed by atoms with van der Waals surface area (Å²) in [6, 6.07) is 19.4. The molecule has 0 bridgehead atoms. The van der Waals surface area contributed by atoms with Crippen molar-refractivity contribution in [3.63, 3.8) is 0 Å². The molecule has 2 atom stereocenters. The number of pyridine rings is 1. The third kappa shape index (κ3) is 9.25. The van der Waals surface area contributed by atoms with E-state index in [1.54, 1.807) is 24.4 Å². The minimum Gasteiger partial charge on any atom is -0.492 e. The third-order valence-corrected chi connectivity index (χ3v) is 10.7. The van der Waals surface area contributed by atoms with Gasteiger partial charge in [0.05, 0.1) is 22.2 Å². The molecule has 2 saturated heterocycles. The zero-order valence-electron chi connectivity index (χ0n) is 30.9. The summed E-state index contributed by atoms with van der Waals surface area (Å²) in [5.41, 5.74) is 4.33. The maximum Gasteiger partial charge on any atom is 0.326 e. The molecule has 3 aromatic carbocycles. The van der Waals surface area contributed by atoms with Gasteiger partial charge in [-0.05, 0) is 89.0 Å². The van der Waals surface area contributed by atoms with Gasteiger partial charge in [-0.2, -0.15) is 5.26 Å². The summed E-state index contributed by atoms with van der Waals surface area (Å²) in [6.45, 7) is 11.2. The number of halogens is 2. The van der Waals surface area contributed by atoms with Gasteiger partial charge in [0.2, 0.25) is 0 Å².